The fourth-order valence-electron chi connectivity index (χ4n) is 2.57. The van der Waals surface area contributed by atoms with Crippen LogP contribution in [0.3, 0.4) is 0 Å². The number of nitrogens with zero attached hydrogens (tertiary/aromatic N) is 1. The summed E-state index contributed by atoms with van der Waals surface area (Å²) < 4.78 is 5.10. The number of nitrogens with one attached hydrogen (secondary N) is 2. The predicted molar refractivity (Wildman–Crippen MR) is 109 cm³/mol. The van der Waals surface area contributed by atoms with Gasteiger partial charge < -0.3 is 15.4 Å². The number of carbonyl (C=O) groups is 3. The molecular weight excluding hydrogens is 366 g/mol. The van der Waals surface area contributed by atoms with E-state index < -0.39 is 5.97 Å². The van der Waals surface area contributed by atoms with Gasteiger partial charge in [-0.1, -0.05) is 20.8 Å². The quantitative estimate of drug-likeness (QED) is 0.691. The van der Waals surface area contributed by atoms with Crippen molar-refractivity contribution in [2.75, 3.05) is 32.6 Å². The first-order valence-corrected chi connectivity index (χ1v) is 9.78. The van der Waals surface area contributed by atoms with Gasteiger partial charge in [0.1, 0.15) is 5.00 Å². The molecule has 0 saturated carbocycles. The summed E-state index contributed by atoms with van der Waals surface area (Å²) in [6.07, 6.45) is 0. The SMILES string of the molecule is CCOC(=O)c1c(NC(=O)CN(C)C(C)C(C)(C)C)sc(C(=O)NC)c1C. The standard InChI is InChI=1S/C19H31N3O4S/c1-9-26-18(25)14-11(2)15(16(24)20-7)27-17(14)21-13(23)10-22(8)12(3)19(4,5)6/h12H,9-10H2,1-8H3,(H,20,24)(H,21,23). The van der Waals surface area contributed by atoms with Gasteiger partial charge in [0.2, 0.25) is 5.91 Å². The Labute approximate surface area is 165 Å². The highest BCUT2D eigenvalue weighted by atomic mass is 32.1. The second-order valence-corrected chi connectivity index (χ2v) is 8.59. The third-order valence-corrected chi connectivity index (χ3v) is 5.83. The zero-order valence-electron chi connectivity index (χ0n) is 17.5. The maximum absolute atomic E-state index is 12.5. The van der Waals surface area contributed by atoms with E-state index in [4.69, 9.17) is 4.74 Å². The van der Waals surface area contributed by atoms with E-state index >= 15 is 0 Å². The number of thiophene rings is 1. The summed E-state index contributed by atoms with van der Waals surface area (Å²) in [4.78, 5) is 39.3. The molecule has 1 heterocycles. The molecule has 1 unspecified atom stereocenters. The van der Waals surface area contributed by atoms with Crippen LogP contribution in [0.4, 0.5) is 5.00 Å². The van der Waals surface area contributed by atoms with Crippen LogP contribution in [0.5, 0.6) is 0 Å². The summed E-state index contributed by atoms with van der Waals surface area (Å²) >= 11 is 1.08. The lowest BCUT2D eigenvalue weighted by Gasteiger charge is -2.34. The molecule has 0 aliphatic carbocycles. The minimum atomic E-state index is -0.548. The molecule has 2 amide bonds. The minimum absolute atomic E-state index is 0.0248. The van der Waals surface area contributed by atoms with E-state index in [1.807, 2.05) is 11.9 Å². The maximum Gasteiger partial charge on any atom is 0.341 e. The summed E-state index contributed by atoms with van der Waals surface area (Å²) in [7, 11) is 3.41. The molecule has 0 radical (unpaired) electrons. The lowest BCUT2D eigenvalue weighted by molar-refractivity contribution is -0.117. The summed E-state index contributed by atoms with van der Waals surface area (Å²) in [5, 5.41) is 5.67. The Bertz CT molecular complexity index is 707. The fourth-order valence-corrected chi connectivity index (χ4v) is 3.73. The molecule has 0 saturated heterocycles. The number of anilines is 1. The molecule has 1 aromatic rings. The van der Waals surface area contributed by atoms with Gasteiger partial charge in [-0.05, 0) is 38.8 Å². The molecule has 0 aliphatic heterocycles. The molecule has 2 N–H and O–H groups in total. The van der Waals surface area contributed by atoms with Crippen LogP contribution >= 0.6 is 11.3 Å². The minimum Gasteiger partial charge on any atom is -0.462 e. The van der Waals surface area contributed by atoms with E-state index in [1.165, 1.54) is 7.05 Å². The highest BCUT2D eigenvalue weighted by molar-refractivity contribution is 7.18. The normalized spacial score (nSPS) is 12.6. The lowest BCUT2D eigenvalue weighted by atomic mass is 9.87. The van der Waals surface area contributed by atoms with Crippen molar-refractivity contribution in [3.05, 3.63) is 16.0 Å². The first-order chi connectivity index (χ1) is 12.4. The zero-order chi connectivity index (χ0) is 20.9. The predicted octanol–water partition coefficient (Wildman–Crippen LogP) is 2.90. The van der Waals surface area contributed by atoms with Crippen molar-refractivity contribution in [3.63, 3.8) is 0 Å². The Hall–Kier alpha value is -1.93. The van der Waals surface area contributed by atoms with Crippen molar-refractivity contribution >= 4 is 34.1 Å². The number of carbonyl (C=O) groups excluding carboxylic acids is 3. The van der Waals surface area contributed by atoms with Gasteiger partial charge in [-0.2, -0.15) is 0 Å². The molecule has 27 heavy (non-hydrogen) atoms. The Morgan fingerprint density at radius 3 is 2.33 bits per heavy atom. The van der Waals surface area contributed by atoms with E-state index in [0.29, 0.717) is 15.4 Å². The largest absolute Gasteiger partial charge is 0.462 e. The van der Waals surface area contributed by atoms with Crippen LogP contribution in [0.2, 0.25) is 0 Å². The first kappa shape index (κ1) is 23.1. The van der Waals surface area contributed by atoms with Crippen LogP contribution in [0, 0.1) is 12.3 Å². The molecule has 8 heteroatoms. The van der Waals surface area contributed by atoms with Gasteiger partial charge in [-0.25, -0.2) is 4.79 Å². The van der Waals surface area contributed by atoms with Crippen molar-refractivity contribution in [2.24, 2.45) is 5.41 Å². The van der Waals surface area contributed by atoms with Gasteiger partial charge in [-0.3, -0.25) is 14.5 Å². The molecule has 1 aromatic heterocycles. The molecule has 0 spiro atoms. The Morgan fingerprint density at radius 1 is 1.26 bits per heavy atom. The molecule has 7 nitrogen and oxygen atoms in total. The number of esters is 1. The summed E-state index contributed by atoms with van der Waals surface area (Å²) in [5.74, 6) is -1.10. The topological polar surface area (TPSA) is 87.7 Å². The molecule has 0 fully saturated rings. The van der Waals surface area contributed by atoms with Gasteiger partial charge >= 0.3 is 5.97 Å². The monoisotopic (exact) mass is 397 g/mol. The Balaban J connectivity index is 3.09. The maximum atomic E-state index is 12.5. The molecule has 0 aromatic carbocycles. The number of likely N-dealkylation sites (N-methyl/N-ethyl adjacent to an activating group) is 1. The van der Waals surface area contributed by atoms with E-state index in [0.717, 1.165) is 11.3 Å². The van der Waals surface area contributed by atoms with E-state index in [2.05, 4.69) is 38.3 Å². The second-order valence-electron chi connectivity index (χ2n) is 7.57. The fraction of sp³-hybridized carbons (Fsp3) is 0.632. The van der Waals surface area contributed by atoms with E-state index in [9.17, 15) is 14.4 Å². The number of hydrogen-bond donors (Lipinski definition) is 2. The van der Waals surface area contributed by atoms with Crippen molar-refractivity contribution in [1.82, 2.24) is 10.2 Å². The van der Waals surface area contributed by atoms with Crippen molar-refractivity contribution in [2.45, 2.75) is 47.6 Å². The zero-order valence-corrected chi connectivity index (χ0v) is 18.3. The lowest BCUT2D eigenvalue weighted by Crippen LogP contribution is -2.43. The molecule has 0 bridgehead atoms. The van der Waals surface area contributed by atoms with E-state index in [-0.39, 0.29) is 42.0 Å². The van der Waals surface area contributed by atoms with Gasteiger partial charge in [0.05, 0.1) is 23.6 Å². The highest BCUT2D eigenvalue weighted by Gasteiger charge is 2.28. The van der Waals surface area contributed by atoms with Crippen LogP contribution < -0.4 is 10.6 Å². The molecular formula is C19H31N3O4S. The van der Waals surface area contributed by atoms with Crippen LogP contribution in [-0.4, -0.2) is 56.0 Å². The van der Waals surface area contributed by atoms with Crippen LogP contribution in [0.1, 0.15) is 60.2 Å². The Kier molecular flexibility index (Phi) is 7.98. The van der Waals surface area contributed by atoms with Gasteiger partial charge in [0, 0.05) is 13.1 Å². The van der Waals surface area contributed by atoms with Gasteiger partial charge in [0.15, 0.2) is 0 Å². The second kappa shape index (κ2) is 9.32. The molecule has 1 atom stereocenters. The van der Waals surface area contributed by atoms with Crippen molar-refractivity contribution in [1.29, 1.82) is 0 Å². The smallest absolute Gasteiger partial charge is 0.341 e. The van der Waals surface area contributed by atoms with Crippen LogP contribution in [-0.2, 0) is 9.53 Å². The van der Waals surface area contributed by atoms with Crippen LogP contribution in [0.25, 0.3) is 0 Å². The molecule has 152 valence electrons. The summed E-state index contributed by atoms with van der Waals surface area (Å²) in [5.41, 5.74) is 0.765. The molecule has 1 rings (SSSR count). The Morgan fingerprint density at radius 2 is 1.85 bits per heavy atom. The third kappa shape index (κ3) is 5.77. The van der Waals surface area contributed by atoms with Crippen molar-refractivity contribution < 1.29 is 19.1 Å². The summed E-state index contributed by atoms with van der Waals surface area (Å²) in [6, 6.07) is 0.180. The number of ether oxygens (including phenoxy) is 1. The molecule has 0 aliphatic rings. The van der Waals surface area contributed by atoms with E-state index in [1.54, 1.807) is 13.8 Å². The average Bonchev–Trinajstić information content (AvgIpc) is 2.88. The number of amides is 2. The summed E-state index contributed by atoms with van der Waals surface area (Å²) in [6.45, 7) is 12.2. The average molecular weight is 398 g/mol. The van der Waals surface area contributed by atoms with Crippen molar-refractivity contribution in [3.8, 4) is 0 Å². The first-order valence-electron chi connectivity index (χ1n) is 8.96. The van der Waals surface area contributed by atoms with Crippen LogP contribution in [0.15, 0.2) is 0 Å². The van der Waals surface area contributed by atoms with Gasteiger partial charge in [-0.15, -0.1) is 11.3 Å². The van der Waals surface area contributed by atoms with Gasteiger partial charge in [0.25, 0.3) is 5.91 Å². The number of hydrogen-bond acceptors (Lipinski definition) is 6. The third-order valence-electron chi connectivity index (χ3n) is 4.62. The number of rotatable bonds is 7. The highest BCUT2D eigenvalue weighted by Crippen LogP contribution is 2.34.